The van der Waals surface area contributed by atoms with Crippen LogP contribution in [0.2, 0.25) is 0 Å². The van der Waals surface area contributed by atoms with Gasteiger partial charge in [0.15, 0.2) is 12.3 Å². The summed E-state index contributed by atoms with van der Waals surface area (Å²) in [6.45, 7) is 7.20. The topological polar surface area (TPSA) is 126 Å². The Morgan fingerprint density at radius 1 is 0.940 bits per heavy atom. The summed E-state index contributed by atoms with van der Waals surface area (Å²) in [5, 5.41) is 18.0. The quantitative estimate of drug-likeness (QED) is 0.162. The molecule has 3 amide bonds. The summed E-state index contributed by atoms with van der Waals surface area (Å²) in [5.41, 5.74) is 4.21. The number of aliphatic hydroxyl groups excluding tert-OH is 1. The van der Waals surface area contributed by atoms with Crippen molar-refractivity contribution < 1.29 is 29.0 Å². The normalized spacial score (nSPS) is 13.8. The van der Waals surface area contributed by atoms with Crippen molar-refractivity contribution in [1.82, 2.24) is 19.6 Å². The first-order valence-corrected chi connectivity index (χ1v) is 17.3. The largest absolute Gasteiger partial charge is 0.497 e. The third-order valence-electron chi connectivity index (χ3n) is 8.93. The molecule has 264 valence electrons. The lowest BCUT2D eigenvalue weighted by atomic mass is 9.93. The van der Waals surface area contributed by atoms with Gasteiger partial charge in [0.2, 0.25) is 0 Å². The molecule has 0 aliphatic carbocycles. The molecule has 2 N–H and O–H groups in total. The second-order valence-electron chi connectivity index (χ2n) is 12.6. The molecule has 0 fully saturated rings. The molecule has 1 atom stereocenters. The molecule has 4 aromatic rings. The van der Waals surface area contributed by atoms with Crippen molar-refractivity contribution in [3.05, 3.63) is 101 Å². The molecule has 5 rings (SSSR count). The van der Waals surface area contributed by atoms with Gasteiger partial charge in [-0.2, -0.15) is 5.10 Å². The van der Waals surface area contributed by atoms with Crippen LogP contribution in [0.25, 0.3) is 5.69 Å². The van der Waals surface area contributed by atoms with Crippen LogP contribution in [-0.2, 0) is 17.8 Å². The predicted octanol–water partition coefficient (Wildman–Crippen LogP) is 5.81. The number of benzene rings is 3. The number of carbonyl (C=O) groups excluding carboxylic acids is 3. The number of unbranched alkanes of at least 4 members (excludes halogenated alkanes) is 2. The van der Waals surface area contributed by atoms with Gasteiger partial charge >= 0.3 is 0 Å². The minimum Gasteiger partial charge on any atom is -0.497 e. The number of amides is 3. The van der Waals surface area contributed by atoms with Crippen molar-refractivity contribution in [3.63, 3.8) is 0 Å². The molecule has 0 saturated carbocycles. The van der Waals surface area contributed by atoms with E-state index in [1.165, 1.54) is 0 Å². The Bertz CT molecular complexity index is 1800. The van der Waals surface area contributed by atoms with Crippen LogP contribution >= 0.6 is 0 Å². The van der Waals surface area contributed by atoms with Gasteiger partial charge in [-0.25, -0.2) is 4.68 Å². The number of nitrogens with zero attached hydrogens (tertiary/aromatic N) is 4. The van der Waals surface area contributed by atoms with E-state index >= 15 is 0 Å². The smallest absolute Gasteiger partial charge is 0.274 e. The van der Waals surface area contributed by atoms with Crippen LogP contribution in [0, 0.1) is 6.92 Å². The molecule has 11 heteroatoms. The maximum absolute atomic E-state index is 14.5. The summed E-state index contributed by atoms with van der Waals surface area (Å²) >= 11 is 0. The highest BCUT2D eigenvalue weighted by molar-refractivity contribution is 6.01. The third kappa shape index (κ3) is 8.52. The second kappa shape index (κ2) is 17.0. The van der Waals surface area contributed by atoms with Gasteiger partial charge in [0.25, 0.3) is 17.7 Å². The maximum atomic E-state index is 14.5. The van der Waals surface area contributed by atoms with E-state index in [1.54, 1.807) is 65.2 Å². The number of nitrogens with one attached hydrogen (secondary N) is 1. The Kier molecular flexibility index (Phi) is 12.3. The van der Waals surface area contributed by atoms with Crippen LogP contribution in [0.4, 0.5) is 5.69 Å². The van der Waals surface area contributed by atoms with Gasteiger partial charge in [0, 0.05) is 37.1 Å². The van der Waals surface area contributed by atoms with E-state index in [9.17, 15) is 19.5 Å². The fourth-order valence-electron chi connectivity index (χ4n) is 6.15. The molecule has 0 spiro atoms. The zero-order chi connectivity index (χ0) is 35.6. The van der Waals surface area contributed by atoms with E-state index < -0.39 is 11.9 Å². The third-order valence-corrected chi connectivity index (χ3v) is 8.93. The Labute approximate surface area is 293 Å². The van der Waals surface area contributed by atoms with Crippen molar-refractivity contribution in [1.29, 1.82) is 0 Å². The molecule has 11 nitrogen and oxygen atoms in total. The molecule has 0 bridgehead atoms. The number of anilines is 1. The van der Waals surface area contributed by atoms with E-state index in [4.69, 9.17) is 14.6 Å². The van der Waals surface area contributed by atoms with Gasteiger partial charge < -0.3 is 29.7 Å². The van der Waals surface area contributed by atoms with Gasteiger partial charge in [-0.05, 0) is 73.7 Å². The van der Waals surface area contributed by atoms with Crippen LogP contribution < -0.4 is 14.8 Å². The fraction of sp³-hybridized carbons (Fsp3) is 0.385. The summed E-state index contributed by atoms with van der Waals surface area (Å²) in [5.74, 6) is 0.203. The van der Waals surface area contributed by atoms with E-state index in [1.807, 2.05) is 36.1 Å². The molecular formula is C39H47N5O6. The number of fused-ring (bicyclic) bond motifs is 1. The van der Waals surface area contributed by atoms with Crippen molar-refractivity contribution in [2.24, 2.45) is 0 Å². The van der Waals surface area contributed by atoms with Gasteiger partial charge in [-0.1, -0.05) is 57.0 Å². The molecule has 50 heavy (non-hydrogen) atoms. The number of methoxy groups -OCH3 is 1. The lowest BCUT2D eigenvalue weighted by Gasteiger charge is -2.36. The fourth-order valence-corrected chi connectivity index (χ4v) is 6.15. The van der Waals surface area contributed by atoms with Crippen LogP contribution in [-0.4, -0.2) is 81.9 Å². The highest BCUT2D eigenvalue weighted by Gasteiger charge is 2.32. The predicted molar refractivity (Wildman–Crippen MR) is 192 cm³/mol. The molecule has 1 aliphatic rings. The molecule has 3 aromatic carbocycles. The standard InChI is InChI=1S/C39H47N5O6/c1-5-7-18-42(19-8-6-2)39(48)35-20-27(3)44(41-35)36-17-16-30(40-37(46)26-50-33-15-11-14-32(23-33)49-4)22-34(36)38(47)43-24-29-13-10-9-12-28(29)21-31(43)25-45/h9-17,20,22-23,31,45H,5-8,18-19,21,24-26H2,1-4H3,(H,40,46). The van der Waals surface area contributed by atoms with Crippen molar-refractivity contribution >= 4 is 23.4 Å². The van der Waals surface area contributed by atoms with E-state index in [-0.39, 0.29) is 30.6 Å². The number of aromatic nitrogens is 2. The first-order valence-electron chi connectivity index (χ1n) is 17.3. The Hall–Kier alpha value is -5.16. The summed E-state index contributed by atoms with van der Waals surface area (Å²) < 4.78 is 12.5. The van der Waals surface area contributed by atoms with E-state index in [0.29, 0.717) is 60.3 Å². The van der Waals surface area contributed by atoms with Crippen LogP contribution in [0.5, 0.6) is 11.5 Å². The summed E-state index contributed by atoms with van der Waals surface area (Å²) in [7, 11) is 1.55. The maximum Gasteiger partial charge on any atom is 0.274 e. The average Bonchev–Trinajstić information content (AvgIpc) is 3.53. The summed E-state index contributed by atoms with van der Waals surface area (Å²) in [4.78, 5) is 44.7. The first kappa shape index (κ1) is 36.1. The van der Waals surface area contributed by atoms with Crippen molar-refractivity contribution in [3.8, 4) is 17.2 Å². The summed E-state index contributed by atoms with van der Waals surface area (Å²) in [6.07, 6.45) is 4.25. The monoisotopic (exact) mass is 681 g/mol. The Balaban J connectivity index is 1.47. The second-order valence-corrected chi connectivity index (χ2v) is 12.6. The molecule has 0 radical (unpaired) electrons. The minimum absolute atomic E-state index is 0.144. The number of hydrogen-bond donors (Lipinski definition) is 2. The first-order chi connectivity index (χ1) is 24.3. The van der Waals surface area contributed by atoms with Crippen LogP contribution in [0.3, 0.4) is 0 Å². The zero-order valence-electron chi connectivity index (χ0n) is 29.4. The van der Waals surface area contributed by atoms with E-state index in [2.05, 4.69) is 19.2 Å². The number of ether oxygens (including phenoxy) is 2. The Morgan fingerprint density at radius 2 is 1.66 bits per heavy atom. The van der Waals surface area contributed by atoms with Crippen LogP contribution in [0.1, 0.15) is 77.2 Å². The van der Waals surface area contributed by atoms with Gasteiger partial charge in [-0.15, -0.1) is 0 Å². The molecule has 1 aliphatic heterocycles. The number of hydrogen-bond acceptors (Lipinski definition) is 7. The minimum atomic E-state index is -0.443. The molecule has 1 aromatic heterocycles. The molecule has 2 heterocycles. The lowest BCUT2D eigenvalue weighted by molar-refractivity contribution is -0.118. The SMILES string of the molecule is CCCCN(CCCC)C(=O)c1cc(C)n(-c2ccc(NC(=O)COc3cccc(OC)c3)cc2C(=O)N2Cc3ccccc3CC2CO)n1. The number of aryl methyl sites for hydroxylation is 1. The van der Waals surface area contributed by atoms with Gasteiger partial charge in [0.05, 0.1) is 31.0 Å². The Morgan fingerprint density at radius 3 is 2.36 bits per heavy atom. The number of carbonyl (C=O) groups is 3. The zero-order valence-corrected chi connectivity index (χ0v) is 29.4. The number of rotatable bonds is 15. The van der Waals surface area contributed by atoms with Crippen LogP contribution in [0.15, 0.2) is 72.8 Å². The summed E-state index contributed by atoms with van der Waals surface area (Å²) in [6, 6.07) is 21.2. The van der Waals surface area contributed by atoms with Gasteiger partial charge in [-0.3, -0.25) is 14.4 Å². The highest BCUT2D eigenvalue weighted by Crippen LogP contribution is 2.29. The van der Waals surface area contributed by atoms with E-state index in [0.717, 1.165) is 36.8 Å². The number of aliphatic hydroxyl groups is 1. The molecule has 0 saturated heterocycles. The van der Waals surface area contributed by atoms with Gasteiger partial charge in [0.1, 0.15) is 11.5 Å². The lowest BCUT2D eigenvalue weighted by Crippen LogP contribution is -2.46. The highest BCUT2D eigenvalue weighted by atomic mass is 16.5. The molecular weight excluding hydrogens is 634 g/mol. The average molecular weight is 682 g/mol. The van der Waals surface area contributed by atoms with Crippen molar-refractivity contribution in [2.45, 2.75) is 65.5 Å². The van der Waals surface area contributed by atoms with Crippen molar-refractivity contribution in [2.75, 3.05) is 38.7 Å². The molecule has 1 unspecified atom stereocenters.